The van der Waals surface area contributed by atoms with Crippen LogP contribution < -0.4 is 4.74 Å². The van der Waals surface area contributed by atoms with Crippen molar-refractivity contribution in [2.75, 3.05) is 32.6 Å². The van der Waals surface area contributed by atoms with Crippen LogP contribution in [0.1, 0.15) is 48.6 Å². The molecule has 0 spiro atoms. The van der Waals surface area contributed by atoms with Crippen molar-refractivity contribution in [2.24, 2.45) is 0 Å². The molecule has 2 aliphatic rings. The third kappa shape index (κ3) is 5.65. The molecule has 1 unspecified atom stereocenters. The summed E-state index contributed by atoms with van der Waals surface area (Å²) in [7, 11) is 1.75. The standard InChI is InChI=1S/C27H34N4O2S/c1-32-25-12-6-5-10-23(25)19-30-15-13-22(14-16-30)26-28-29-27(34-20-24-11-7-17-33-24)31(26)18-21-8-3-2-4-9-21/h2-6,8-10,12,22,24H,7,11,13-20H2,1H3. The summed E-state index contributed by atoms with van der Waals surface area (Å²) in [6.07, 6.45) is 4.85. The van der Waals surface area contributed by atoms with Gasteiger partial charge in [0, 0.05) is 30.4 Å². The third-order valence-electron chi connectivity index (χ3n) is 6.89. The summed E-state index contributed by atoms with van der Waals surface area (Å²) in [5, 5.41) is 10.4. The topological polar surface area (TPSA) is 52.4 Å². The van der Waals surface area contributed by atoms with E-state index in [1.165, 1.54) is 17.5 Å². The highest BCUT2D eigenvalue weighted by molar-refractivity contribution is 7.99. The molecule has 0 saturated carbocycles. The lowest BCUT2D eigenvalue weighted by Gasteiger charge is -2.32. The number of para-hydroxylation sites is 1. The average molecular weight is 479 g/mol. The van der Waals surface area contributed by atoms with Gasteiger partial charge in [-0.2, -0.15) is 0 Å². The third-order valence-corrected chi connectivity index (χ3v) is 7.99. The summed E-state index contributed by atoms with van der Waals surface area (Å²) >= 11 is 1.79. The minimum atomic E-state index is 0.341. The Hall–Kier alpha value is -2.35. The van der Waals surface area contributed by atoms with Gasteiger partial charge in [-0.3, -0.25) is 4.90 Å². The second-order valence-electron chi connectivity index (χ2n) is 9.22. The van der Waals surface area contributed by atoms with Gasteiger partial charge in [0.2, 0.25) is 0 Å². The highest BCUT2D eigenvalue weighted by Crippen LogP contribution is 2.32. The van der Waals surface area contributed by atoms with Gasteiger partial charge in [-0.25, -0.2) is 0 Å². The molecule has 3 aromatic rings. The summed E-state index contributed by atoms with van der Waals surface area (Å²) in [5.74, 6) is 3.49. The molecule has 0 bridgehead atoms. The number of ether oxygens (including phenoxy) is 2. The maximum Gasteiger partial charge on any atom is 0.191 e. The normalized spacial score (nSPS) is 19.5. The van der Waals surface area contributed by atoms with Crippen LogP contribution in [0.2, 0.25) is 0 Å². The van der Waals surface area contributed by atoms with Gasteiger partial charge in [-0.1, -0.05) is 60.3 Å². The number of methoxy groups -OCH3 is 1. The average Bonchev–Trinajstić information content (AvgIpc) is 3.54. The molecule has 2 aromatic carbocycles. The number of piperidine rings is 1. The van der Waals surface area contributed by atoms with Gasteiger partial charge in [0.25, 0.3) is 0 Å². The number of benzene rings is 2. The van der Waals surface area contributed by atoms with Crippen molar-refractivity contribution < 1.29 is 9.47 Å². The lowest BCUT2D eigenvalue weighted by molar-refractivity contribution is 0.129. The molecular weight excluding hydrogens is 444 g/mol. The molecule has 1 atom stereocenters. The highest BCUT2D eigenvalue weighted by Gasteiger charge is 2.27. The van der Waals surface area contributed by atoms with E-state index < -0.39 is 0 Å². The smallest absolute Gasteiger partial charge is 0.191 e. The Labute approximate surface area is 206 Å². The molecule has 2 saturated heterocycles. The zero-order chi connectivity index (χ0) is 23.2. The SMILES string of the molecule is COc1ccccc1CN1CCC(c2nnc(SCC3CCCO3)n2Cc2ccccc2)CC1. The van der Waals surface area contributed by atoms with Crippen molar-refractivity contribution in [1.29, 1.82) is 0 Å². The van der Waals surface area contributed by atoms with Gasteiger partial charge in [-0.05, 0) is 50.4 Å². The number of nitrogens with zero attached hydrogens (tertiary/aromatic N) is 4. The summed E-state index contributed by atoms with van der Waals surface area (Å²) in [5.41, 5.74) is 2.54. The first kappa shape index (κ1) is 23.4. The fraction of sp³-hybridized carbons (Fsp3) is 0.481. The monoisotopic (exact) mass is 478 g/mol. The Morgan fingerprint density at radius 1 is 0.971 bits per heavy atom. The largest absolute Gasteiger partial charge is 0.496 e. The summed E-state index contributed by atoms with van der Waals surface area (Å²) in [6.45, 7) is 4.74. The molecule has 0 radical (unpaired) electrons. The Morgan fingerprint density at radius 2 is 1.76 bits per heavy atom. The van der Waals surface area contributed by atoms with Crippen molar-refractivity contribution in [3.8, 4) is 5.75 Å². The molecule has 1 aromatic heterocycles. The number of thioether (sulfide) groups is 1. The molecule has 2 aliphatic heterocycles. The van der Waals surface area contributed by atoms with Gasteiger partial charge in [0.05, 0.1) is 19.8 Å². The Kier molecular flexibility index (Phi) is 7.83. The van der Waals surface area contributed by atoms with E-state index in [0.717, 1.165) is 74.5 Å². The summed E-state index contributed by atoms with van der Waals surface area (Å²) in [4.78, 5) is 2.53. The number of hydrogen-bond donors (Lipinski definition) is 0. The maximum absolute atomic E-state index is 5.84. The molecular formula is C27H34N4O2S. The quantitative estimate of drug-likeness (QED) is 0.404. The van der Waals surface area contributed by atoms with E-state index in [0.29, 0.717) is 12.0 Å². The van der Waals surface area contributed by atoms with Crippen LogP contribution in [-0.4, -0.2) is 58.3 Å². The highest BCUT2D eigenvalue weighted by atomic mass is 32.2. The minimum absolute atomic E-state index is 0.341. The molecule has 34 heavy (non-hydrogen) atoms. The Morgan fingerprint density at radius 3 is 2.53 bits per heavy atom. The van der Waals surface area contributed by atoms with Crippen LogP contribution >= 0.6 is 11.8 Å². The van der Waals surface area contributed by atoms with Gasteiger partial charge in [-0.15, -0.1) is 10.2 Å². The van der Waals surface area contributed by atoms with E-state index in [1.807, 2.05) is 12.1 Å². The first-order valence-corrected chi connectivity index (χ1v) is 13.3. The van der Waals surface area contributed by atoms with E-state index >= 15 is 0 Å². The molecule has 3 heterocycles. The first-order chi connectivity index (χ1) is 16.8. The van der Waals surface area contributed by atoms with Gasteiger partial charge in [0.15, 0.2) is 5.16 Å². The van der Waals surface area contributed by atoms with E-state index in [9.17, 15) is 0 Å². The van der Waals surface area contributed by atoms with Crippen LogP contribution in [-0.2, 0) is 17.8 Å². The predicted molar refractivity (Wildman–Crippen MR) is 136 cm³/mol. The van der Waals surface area contributed by atoms with Crippen molar-refractivity contribution in [3.63, 3.8) is 0 Å². The van der Waals surface area contributed by atoms with Crippen molar-refractivity contribution >= 4 is 11.8 Å². The second-order valence-corrected chi connectivity index (χ2v) is 10.2. The molecule has 180 valence electrons. The predicted octanol–water partition coefficient (Wildman–Crippen LogP) is 4.99. The molecule has 5 rings (SSSR count). The molecule has 0 N–H and O–H groups in total. The second kappa shape index (κ2) is 11.4. The van der Waals surface area contributed by atoms with E-state index in [2.05, 4.69) is 57.0 Å². The lowest BCUT2D eigenvalue weighted by Crippen LogP contribution is -2.33. The summed E-state index contributed by atoms with van der Waals surface area (Å²) in [6, 6.07) is 19.0. The van der Waals surface area contributed by atoms with E-state index in [4.69, 9.17) is 14.6 Å². The molecule has 0 aliphatic carbocycles. The number of likely N-dealkylation sites (tertiary alicyclic amines) is 1. The maximum atomic E-state index is 5.84. The molecule has 2 fully saturated rings. The summed E-state index contributed by atoms with van der Waals surface area (Å²) < 4.78 is 13.7. The van der Waals surface area contributed by atoms with Crippen LogP contribution in [0.5, 0.6) is 5.75 Å². The number of aromatic nitrogens is 3. The van der Waals surface area contributed by atoms with Gasteiger partial charge >= 0.3 is 0 Å². The molecule has 6 nitrogen and oxygen atoms in total. The fourth-order valence-corrected chi connectivity index (χ4v) is 6.00. The first-order valence-electron chi connectivity index (χ1n) is 12.4. The van der Waals surface area contributed by atoms with Crippen LogP contribution in [0, 0.1) is 0 Å². The van der Waals surface area contributed by atoms with Crippen LogP contribution in [0.3, 0.4) is 0 Å². The number of rotatable bonds is 9. The fourth-order valence-electron chi connectivity index (χ4n) is 4.99. The zero-order valence-electron chi connectivity index (χ0n) is 19.9. The van der Waals surface area contributed by atoms with Gasteiger partial charge < -0.3 is 14.0 Å². The van der Waals surface area contributed by atoms with Crippen molar-refractivity contribution in [2.45, 2.75) is 56.0 Å². The molecule has 0 amide bonds. The van der Waals surface area contributed by atoms with E-state index in [1.54, 1.807) is 18.9 Å². The lowest BCUT2D eigenvalue weighted by atomic mass is 9.95. The van der Waals surface area contributed by atoms with Crippen LogP contribution in [0.4, 0.5) is 0 Å². The minimum Gasteiger partial charge on any atom is -0.496 e. The van der Waals surface area contributed by atoms with Crippen molar-refractivity contribution in [3.05, 3.63) is 71.5 Å². The Bertz CT molecular complexity index is 1040. The number of hydrogen-bond acceptors (Lipinski definition) is 6. The van der Waals surface area contributed by atoms with Crippen molar-refractivity contribution in [1.82, 2.24) is 19.7 Å². The molecule has 7 heteroatoms. The zero-order valence-corrected chi connectivity index (χ0v) is 20.8. The van der Waals surface area contributed by atoms with Crippen LogP contribution in [0.25, 0.3) is 0 Å². The Balaban J connectivity index is 1.27. The van der Waals surface area contributed by atoms with Gasteiger partial charge in [0.1, 0.15) is 11.6 Å². The van der Waals surface area contributed by atoms with E-state index in [-0.39, 0.29) is 0 Å². The van der Waals surface area contributed by atoms with Crippen LogP contribution in [0.15, 0.2) is 59.8 Å².